The number of para-hydroxylation sites is 1. The molecule has 1 saturated heterocycles. The van der Waals surface area contributed by atoms with Crippen LogP contribution in [0.4, 0.5) is 5.69 Å². The van der Waals surface area contributed by atoms with Gasteiger partial charge >= 0.3 is 0 Å². The van der Waals surface area contributed by atoms with Crippen molar-refractivity contribution >= 4 is 44.6 Å². The van der Waals surface area contributed by atoms with Crippen LogP contribution in [-0.4, -0.2) is 34.7 Å². The number of hydrogen-bond acceptors (Lipinski definition) is 4. The lowest BCUT2D eigenvalue weighted by molar-refractivity contribution is 0.312. The van der Waals surface area contributed by atoms with E-state index in [4.69, 9.17) is 21.9 Å². The molecule has 4 rings (SSSR count). The molecule has 1 atom stereocenters. The van der Waals surface area contributed by atoms with E-state index in [0.717, 1.165) is 41.6 Å². The number of anilines is 1. The van der Waals surface area contributed by atoms with Crippen LogP contribution < -0.4 is 10.1 Å². The number of fused-ring (bicyclic) bond motifs is 1. The molecule has 1 aliphatic rings. The largest absolute Gasteiger partial charge is 0.494 e. The van der Waals surface area contributed by atoms with E-state index in [0.29, 0.717) is 12.5 Å². The Hall–Kier alpha value is -2.18. The number of likely N-dealkylation sites (tertiary alicyclic amines) is 1. The average Bonchev–Trinajstić information content (AvgIpc) is 3.14. The molecule has 0 radical (unpaired) electrons. The monoisotopic (exact) mass is 397 g/mol. The van der Waals surface area contributed by atoms with Gasteiger partial charge < -0.3 is 15.0 Å². The van der Waals surface area contributed by atoms with E-state index in [1.165, 1.54) is 16.1 Å². The van der Waals surface area contributed by atoms with Gasteiger partial charge in [0.15, 0.2) is 5.11 Å². The van der Waals surface area contributed by atoms with Gasteiger partial charge in [0.25, 0.3) is 0 Å². The SMILES string of the molecule is CCOc1ccc(NC(=S)N2CCC[C@@H](c3nc4ccccc4s3)C2)cc1. The fourth-order valence-electron chi connectivity index (χ4n) is 3.43. The second-order valence-electron chi connectivity index (χ2n) is 6.69. The number of rotatable bonds is 4. The van der Waals surface area contributed by atoms with E-state index >= 15 is 0 Å². The fourth-order valence-corrected chi connectivity index (χ4v) is 4.81. The molecule has 6 heteroatoms. The highest BCUT2D eigenvalue weighted by molar-refractivity contribution is 7.80. The van der Waals surface area contributed by atoms with Crippen LogP contribution in [0, 0.1) is 0 Å². The molecule has 3 aromatic rings. The minimum absolute atomic E-state index is 0.441. The van der Waals surface area contributed by atoms with Crippen molar-refractivity contribution in [3.8, 4) is 5.75 Å². The minimum Gasteiger partial charge on any atom is -0.494 e. The van der Waals surface area contributed by atoms with E-state index in [1.807, 2.05) is 42.5 Å². The van der Waals surface area contributed by atoms with Gasteiger partial charge in [-0.1, -0.05) is 12.1 Å². The molecule has 1 fully saturated rings. The van der Waals surface area contributed by atoms with Gasteiger partial charge in [-0.15, -0.1) is 11.3 Å². The maximum Gasteiger partial charge on any atom is 0.173 e. The van der Waals surface area contributed by atoms with Crippen LogP contribution in [-0.2, 0) is 0 Å². The minimum atomic E-state index is 0.441. The van der Waals surface area contributed by atoms with E-state index in [9.17, 15) is 0 Å². The van der Waals surface area contributed by atoms with Gasteiger partial charge in [0.1, 0.15) is 5.75 Å². The molecule has 0 aliphatic carbocycles. The number of thiocarbonyl (C=S) groups is 1. The number of thiazole rings is 1. The Kier molecular flexibility index (Phi) is 5.55. The third-order valence-corrected chi connectivity index (χ3v) is 6.34. The highest BCUT2D eigenvalue weighted by atomic mass is 32.1. The molecule has 140 valence electrons. The summed E-state index contributed by atoms with van der Waals surface area (Å²) < 4.78 is 6.76. The summed E-state index contributed by atoms with van der Waals surface area (Å²) in [4.78, 5) is 7.13. The zero-order valence-electron chi connectivity index (χ0n) is 15.4. The Morgan fingerprint density at radius 2 is 2.07 bits per heavy atom. The molecule has 0 saturated carbocycles. The van der Waals surface area contributed by atoms with Crippen molar-refractivity contribution < 1.29 is 4.74 Å². The van der Waals surface area contributed by atoms with Gasteiger partial charge in [0, 0.05) is 24.7 Å². The van der Waals surface area contributed by atoms with Crippen LogP contribution in [0.5, 0.6) is 5.75 Å². The molecule has 4 nitrogen and oxygen atoms in total. The number of piperidine rings is 1. The van der Waals surface area contributed by atoms with E-state index < -0.39 is 0 Å². The molecule has 2 heterocycles. The first kappa shape index (κ1) is 18.2. The molecular formula is C21H23N3OS2. The van der Waals surface area contributed by atoms with Crippen molar-refractivity contribution in [2.45, 2.75) is 25.7 Å². The van der Waals surface area contributed by atoms with Gasteiger partial charge in [-0.25, -0.2) is 4.98 Å². The smallest absolute Gasteiger partial charge is 0.173 e. The third-order valence-electron chi connectivity index (χ3n) is 4.78. The summed E-state index contributed by atoms with van der Waals surface area (Å²) >= 11 is 7.49. The van der Waals surface area contributed by atoms with Crippen molar-refractivity contribution in [2.75, 3.05) is 25.0 Å². The van der Waals surface area contributed by atoms with Gasteiger partial charge in [-0.2, -0.15) is 0 Å². The molecule has 0 amide bonds. The molecule has 2 aromatic carbocycles. The highest BCUT2D eigenvalue weighted by Gasteiger charge is 2.25. The van der Waals surface area contributed by atoms with Crippen molar-refractivity contribution in [3.05, 3.63) is 53.5 Å². The number of aromatic nitrogens is 1. The highest BCUT2D eigenvalue weighted by Crippen LogP contribution is 2.33. The number of ether oxygens (including phenoxy) is 1. The summed E-state index contributed by atoms with van der Waals surface area (Å²) in [6.45, 7) is 4.57. The first-order valence-corrected chi connectivity index (χ1v) is 10.6. The Morgan fingerprint density at radius 1 is 1.26 bits per heavy atom. The lowest BCUT2D eigenvalue weighted by Crippen LogP contribution is -2.41. The maximum absolute atomic E-state index is 5.67. The Balaban J connectivity index is 1.41. The number of nitrogens with zero attached hydrogens (tertiary/aromatic N) is 2. The second-order valence-corrected chi connectivity index (χ2v) is 8.14. The average molecular weight is 398 g/mol. The normalized spacial score (nSPS) is 17.1. The van der Waals surface area contributed by atoms with Crippen LogP contribution >= 0.6 is 23.6 Å². The molecule has 0 unspecified atom stereocenters. The second kappa shape index (κ2) is 8.23. The molecule has 1 aromatic heterocycles. The zero-order chi connectivity index (χ0) is 18.6. The number of hydrogen-bond donors (Lipinski definition) is 1. The van der Waals surface area contributed by atoms with Crippen LogP contribution in [0.2, 0.25) is 0 Å². The quantitative estimate of drug-likeness (QED) is 0.607. The van der Waals surface area contributed by atoms with E-state index in [1.54, 1.807) is 0 Å². The number of benzene rings is 2. The lowest BCUT2D eigenvalue weighted by atomic mass is 9.99. The van der Waals surface area contributed by atoms with Crippen LogP contribution in [0.1, 0.15) is 30.7 Å². The van der Waals surface area contributed by atoms with Gasteiger partial charge in [0.2, 0.25) is 0 Å². The summed E-state index contributed by atoms with van der Waals surface area (Å²) in [5.41, 5.74) is 2.09. The standard InChI is InChI=1S/C21H23N3OS2/c1-2-25-17-11-9-16(10-12-17)22-21(26)24-13-5-6-15(14-24)20-23-18-7-3-4-8-19(18)27-20/h3-4,7-12,15H,2,5-6,13-14H2,1H3,(H,22,26)/t15-/m1/s1. The molecular weight excluding hydrogens is 374 g/mol. The Morgan fingerprint density at radius 3 is 2.85 bits per heavy atom. The summed E-state index contributed by atoms with van der Waals surface area (Å²) in [6.07, 6.45) is 2.30. The Bertz CT molecular complexity index is 890. The summed E-state index contributed by atoms with van der Waals surface area (Å²) in [7, 11) is 0. The van der Waals surface area contributed by atoms with Crippen molar-refractivity contribution in [3.63, 3.8) is 0 Å². The molecule has 1 N–H and O–H groups in total. The van der Waals surface area contributed by atoms with Crippen LogP contribution in [0.25, 0.3) is 10.2 Å². The first-order valence-electron chi connectivity index (χ1n) is 9.37. The van der Waals surface area contributed by atoms with Crippen molar-refractivity contribution in [1.29, 1.82) is 0 Å². The summed E-state index contributed by atoms with van der Waals surface area (Å²) in [5, 5.41) is 5.37. The predicted octanol–water partition coefficient (Wildman–Crippen LogP) is 5.27. The van der Waals surface area contributed by atoms with E-state index in [2.05, 4.69) is 34.5 Å². The topological polar surface area (TPSA) is 37.4 Å². The number of nitrogens with one attached hydrogen (secondary N) is 1. The lowest BCUT2D eigenvalue weighted by Gasteiger charge is -2.33. The van der Waals surface area contributed by atoms with Crippen LogP contribution in [0.15, 0.2) is 48.5 Å². The third kappa shape index (κ3) is 4.22. The maximum atomic E-state index is 5.67. The molecule has 1 aliphatic heterocycles. The molecule has 0 bridgehead atoms. The predicted molar refractivity (Wildman–Crippen MR) is 117 cm³/mol. The van der Waals surface area contributed by atoms with Crippen molar-refractivity contribution in [1.82, 2.24) is 9.88 Å². The van der Waals surface area contributed by atoms with E-state index in [-0.39, 0.29) is 0 Å². The Labute approximate surface area is 169 Å². The van der Waals surface area contributed by atoms with Gasteiger partial charge in [0.05, 0.1) is 21.8 Å². The molecule has 0 spiro atoms. The van der Waals surface area contributed by atoms with Crippen LogP contribution in [0.3, 0.4) is 0 Å². The summed E-state index contributed by atoms with van der Waals surface area (Å²) in [5.74, 6) is 1.32. The molecule has 27 heavy (non-hydrogen) atoms. The van der Waals surface area contributed by atoms with Gasteiger partial charge in [-0.05, 0) is 68.4 Å². The first-order chi connectivity index (χ1) is 13.2. The fraction of sp³-hybridized carbons (Fsp3) is 0.333. The van der Waals surface area contributed by atoms with Gasteiger partial charge in [-0.3, -0.25) is 0 Å². The van der Waals surface area contributed by atoms with Crippen molar-refractivity contribution in [2.24, 2.45) is 0 Å². The summed E-state index contributed by atoms with van der Waals surface area (Å²) in [6, 6.07) is 16.3. The zero-order valence-corrected chi connectivity index (χ0v) is 17.0.